The van der Waals surface area contributed by atoms with Gasteiger partial charge in [-0.1, -0.05) is 12.1 Å². The maximum absolute atomic E-state index is 13.4. The molecule has 0 atom stereocenters. The molecule has 3 rings (SSSR count). The van der Waals surface area contributed by atoms with E-state index in [4.69, 9.17) is 4.74 Å². The number of carbonyl (C=O) groups excluding carboxylic acids is 2. The van der Waals surface area contributed by atoms with Crippen molar-refractivity contribution >= 4 is 17.7 Å². The molecule has 138 valence electrons. The molecule has 0 saturated carbocycles. The zero-order chi connectivity index (χ0) is 19.6. The number of benzene rings is 1. The Bertz CT molecular complexity index is 996. The van der Waals surface area contributed by atoms with Gasteiger partial charge in [0.15, 0.2) is 0 Å². The van der Waals surface area contributed by atoms with Gasteiger partial charge in [-0.15, -0.1) is 0 Å². The lowest BCUT2D eigenvalue weighted by atomic mass is 9.96. The van der Waals surface area contributed by atoms with Gasteiger partial charge in [-0.05, 0) is 35.4 Å². The van der Waals surface area contributed by atoms with Crippen molar-refractivity contribution in [3.05, 3.63) is 60.3 Å². The number of hydrogen-bond donors (Lipinski definition) is 1. The summed E-state index contributed by atoms with van der Waals surface area (Å²) in [5.41, 5.74) is 2.79. The van der Waals surface area contributed by atoms with Crippen LogP contribution in [0, 0.1) is 5.82 Å². The van der Waals surface area contributed by atoms with Crippen molar-refractivity contribution in [2.24, 2.45) is 7.05 Å². The molecule has 1 N–H and O–H groups in total. The van der Waals surface area contributed by atoms with Crippen LogP contribution in [0.5, 0.6) is 0 Å². The maximum Gasteiger partial charge on any atom is 0.355 e. The predicted octanol–water partition coefficient (Wildman–Crippen LogP) is 3.64. The molecule has 0 saturated heterocycles. The number of rotatable bonds is 4. The minimum absolute atomic E-state index is 0.250. The number of anilines is 1. The van der Waals surface area contributed by atoms with E-state index in [1.54, 1.807) is 48.3 Å². The predicted molar refractivity (Wildman–Crippen MR) is 99.7 cm³/mol. The third-order valence-corrected chi connectivity index (χ3v) is 4.17. The van der Waals surface area contributed by atoms with Crippen molar-refractivity contribution in [2.45, 2.75) is 6.92 Å². The number of ether oxygens (including phenoxy) is 1. The van der Waals surface area contributed by atoms with Gasteiger partial charge in [-0.25, -0.2) is 9.18 Å². The Balaban J connectivity index is 2.41. The number of amides is 1. The van der Waals surface area contributed by atoms with E-state index in [0.29, 0.717) is 22.5 Å². The maximum atomic E-state index is 13.4. The summed E-state index contributed by atoms with van der Waals surface area (Å²) in [6, 6.07) is 9.34. The number of methoxy groups -OCH3 is 1. The van der Waals surface area contributed by atoms with Crippen molar-refractivity contribution in [1.82, 2.24) is 9.55 Å². The molecule has 0 spiro atoms. The molecule has 3 aromatic rings. The minimum Gasteiger partial charge on any atom is -0.464 e. The first-order valence-electron chi connectivity index (χ1n) is 8.19. The zero-order valence-electron chi connectivity index (χ0n) is 15.1. The Morgan fingerprint density at radius 2 is 1.63 bits per heavy atom. The Morgan fingerprint density at radius 1 is 1.04 bits per heavy atom. The van der Waals surface area contributed by atoms with Gasteiger partial charge in [-0.2, -0.15) is 0 Å². The standard InChI is InChI=1S/C20H18FN3O3/c1-12(25)23-19-17(14-8-10-22-11-9-14)16(13-4-6-15(21)7-5-13)18(24(19)2)20(26)27-3/h4-11H,1-3H3,(H,23,25). The lowest BCUT2D eigenvalue weighted by molar-refractivity contribution is -0.114. The number of aromatic nitrogens is 2. The van der Waals surface area contributed by atoms with E-state index in [-0.39, 0.29) is 17.4 Å². The van der Waals surface area contributed by atoms with Crippen molar-refractivity contribution < 1.29 is 18.7 Å². The lowest BCUT2D eigenvalue weighted by Crippen LogP contribution is -2.13. The highest BCUT2D eigenvalue weighted by atomic mass is 19.1. The summed E-state index contributed by atoms with van der Waals surface area (Å²) >= 11 is 0. The second-order valence-electron chi connectivity index (χ2n) is 5.92. The molecule has 1 aromatic carbocycles. The van der Waals surface area contributed by atoms with Gasteiger partial charge in [0.05, 0.1) is 7.11 Å². The molecule has 7 heteroatoms. The van der Waals surface area contributed by atoms with Crippen molar-refractivity contribution in [2.75, 3.05) is 12.4 Å². The normalized spacial score (nSPS) is 10.5. The van der Waals surface area contributed by atoms with Gasteiger partial charge in [-0.3, -0.25) is 9.78 Å². The number of esters is 1. The number of carbonyl (C=O) groups is 2. The van der Waals surface area contributed by atoms with Gasteiger partial charge in [0.1, 0.15) is 17.3 Å². The summed E-state index contributed by atoms with van der Waals surface area (Å²) in [5, 5.41) is 2.78. The quantitative estimate of drug-likeness (QED) is 0.715. The SMILES string of the molecule is COC(=O)c1c(-c2ccc(F)cc2)c(-c2ccncc2)c(NC(C)=O)n1C. The average molecular weight is 367 g/mol. The molecule has 0 aliphatic rings. The van der Waals surface area contributed by atoms with Crippen LogP contribution in [0.25, 0.3) is 22.3 Å². The van der Waals surface area contributed by atoms with E-state index in [1.807, 2.05) is 0 Å². The Hall–Kier alpha value is -3.48. The Morgan fingerprint density at radius 3 is 2.19 bits per heavy atom. The van der Waals surface area contributed by atoms with Crippen molar-refractivity contribution in [3.63, 3.8) is 0 Å². The molecular formula is C20H18FN3O3. The molecule has 2 aromatic heterocycles. The average Bonchev–Trinajstić information content (AvgIpc) is 2.94. The van der Waals surface area contributed by atoms with Crippen LogP contribution in [0.15, 0.2) is 48.8 Å². The number of nitrogens with one attached hydrogen (secondary N) is 1. The summed E-state index contributed by atoms with van der Waals surface area (Å²) in [5.74, 6) is -0.799. The topological polar surface area (TPSA) is 73.2 Å². The van der Waals surface area contributed by atoms with Crippen LogP contribution in [-0.4, -0.2) is 28.5 Å². The molecular weight excluding hydrogens is 349 g/mol. The number of nitrogens with zero attached hydrogens (tertiary/aromatic N) is 2. The molecule has 0 fully saturated rings. The summed E-state index contributed by atoms with van der Waals surface area (Å²) in [6.45, 7) is 1.39. The minimum atomic E-state index is -0.566. The molecule has 2 heterocycles. The monoisotopic (exact) mass is 367 g/mol. The smallest absolute Gasteiger partial charge is 0.355 e. The van der Waals surface area contributed by atoms with E-state index in [0.717, 1.165) is 5.56 Å². The van der Waals surface area contributed by atoms with Gasteiger partial charge in [0, 0.05) is 37.5 Å². The Labute approximate surface area is 155 Å². The molecule has 0 radical (unpaired) electrons. The zero-order valence-corrected chi connectivity index (χ0v) is 15.1. The van der Waals surface area contributed by atoms with E-state index in [9.17, 15) is 14.0 Å². The first-order chi connectivity index (χ1) is 12.9. The van der Waals surface area contributed by atoms with E-state index in [2.05, 4.69) is 10.3 Å². The number of hydrogen-bond acceptors (Lipinski definition) is 4. The van der Waals surface area contributed by atoms with Gasteiger partial charge < -0.3 is 14.6 Å². The van der Waals surface area contributed by atoms with Gasteiger partial charge >= 0.3 is 5.97 Å². The number of halogens is 1. The second kappa shape index (κ2) is 7.41. The fourth-order valence-corrected chi connectivity index (χ4v) is 3.03. The van der Waals surface area contributed by atoms with E-state index in [1.165, 1.54) is 26.2 Å². The highest BCUT2D eigenvalue weighted by molar-refractivity contribution is 6.07. The van der Waals surface area contributed by atoms with Crippen LogP contribution in [0.3, 0.4) is 0 Å². The largest absolute Gasteiger partial charge is 0.464 e. The summed E-state index contributed by atoms with van der Waals surface area (Å²) in [7, 11) is 2.95. The fourth-order valence-electron chi connectivity index (χ4n) is 3.03. The summed E-state index contributed by atoms with van der Waals surface area (Å²) in [4.78, 5) is 28.3. The van der Waals surface area contributed by atoms with Gasteiger partial charge in [0.25, 0.3) is 0 Å². The first-order valence-corrected chi connectivity index (χ1v) is 8.19. The van der Waals surface area contributed by atoms with E-state index >= 15 is 0 Å². The van der Waals surface area contributed by atoms with Crippen LogP contribution >= 0.6 is 0 Å². The Kier molecular flexibility index (Phi) is 5.03. The highest BCUT2D eigenvalue weighted by Crippen LogP contribution is 2.42. The summed E-state index contributed by atoms with van der Waals surface area (Å²) < 4.78 is 20.0. The summed E-state index contributed by atoms with van der Waals surface area (Å²) in [6.07, 6.45) is 3.23. The molecule has 6 nitrogen and oxygen atoms in total. The molecule has 0 unspecified atom stereocenters. The fraction of sp³-hybridized carbons (Fsp3) is 0.150. The molecule has 0 aliphatic carbocycles. The van der Waals surface area contributed by atoms with Crippen LogP contribution in [0.1, 0.15) is 17.4 Å². The third kappa shape index (κ3) is 3.44. The van der Waals surface area contributed by atoms with Crippen LogP contribution in [0.2, 0.25) is 0 Å². The highest BCUT2D eigenvalue weighted by Gasteiger charge is 2.28. The first kappa shape index (κ1) is 18.3. The van der Waals surface area contributed by atoms with Crippen LogP contribution < -0.4 is 5.32 Å². The molecule has 0 bridgehead atoms. The van der Waals surface area contributed by atoms with E-state index < -0.39 is 5.97 Å². The second-order valence-corrected chi connectivity index (χ2v) is 5.92. The molecule has 27 heavy (non-hydrogen) atoms. The van der Waals surface area contributed by atoms with Gasteiger partial charge in [0.2, 0.25) is 5.91 Å². The lowest BCUT2D eigenvalue weighted by Gasteiger charge is -2.09. The molecule has 0 aliphatic heterocycles. The number of pyridine rings is 1. The van der Waals surface area contributed by atoms with Crippen LogP contribution in [0.4, 0.5) is 10.2 Å². The van der Waals surface area contributed by atoms with Crippen molar-refractivity contribution in [1.29, 1.82) is 0 Å². The molecule has 1 amide bonds. The van der Waals surface area contributed by atoms with Crippen LogP contribution in [-0.2, 0) is 16.6 Å². The van der Waals surface area contributed by atoms with Crippen molar-refractivity contribution in [3.8, 4) is 22.3 Å². The third-order valence-electron chi connectivity index (χ3n) is 4.17.